The average Bonchev–Trinajstić information content (AvgIpc) is 2.64. The van der Waals surface area contributed by atoms with E-state index in [0.29, 0.717) is 11.3 Å². The second kappa shape index (κ2) is 6.39. The predicted molar refractivity (Wildman–Crippen MR) is 67.5 cm³/mol. The Labute approximate surface area is 105 Å². The molecule has 0 spiro atoms. The fourth-order valence-electron chi connectivity index (χ4n) is 1.60. The van der Waals surface area contributed by atoms with Crippen LogP contribution in [0.4, 0.5) is 0 Å². The molecule has 1 atom stereocenters. The number of aliphatic carboxylic acids is 1. The molecular formula is C12H17NO3S. The van der Waals surface area contributed by atoms with Crippen molar-refractivity contribution in [3.63, 3.8) is 0 Å². The van der Waals surface area contributed by atoms with Gasteiger partial charge < -0.3 is 10.4 Å². The molecule has 1 aromatic heterocycles. The third-order valence-electron chi connectivity index (χ3n) is 2.36. The number of carboxylic acids is 1. The molecular weight excluding hydrogens is 238 g/mol. The largest absolute Gasteiger partial charge is 0.481 e. The van der Waals surface area contributed by atoms with Gasteiger partial charge in [0, 0.05) is 10.9 Å². The number of aryl methyl sites for hydroxylation is 1. The first-order valence-electron chi connectivity index (χ1n) is 5.62. The molecule has 0 saturated heterocycles. The van der Waals surface area contributed by atoms with Gasteiger partial charge in [-0.25, -0.2) is 0 Å². The first kappa shape index (κ1) is 13.7. The monoisotopic (exact) mass is 255 g/mol. The fourth-order valence-corrected chi connectivity index (χ4v) is 2.37. The van der Waals surface area contributed by atoms with Gasteiger partial charge in [-0.1, -0.05) is 13.3 Å². The van der Waals surface area contributed by atoms with Crippen LogP contribution in [0.1, 0.15) is 40.7 Å². The molecule has 0 aliphatic heterocycles. The minimum atomic E-state index is -0.883. The lowest BCUT2D eigenvalue weighted by Gasteiger charge is -2.15. The number of rotatable bonds is 6. The molecule has 1 rings (SSSR count). The summed E-state index contributed by atoms with van der Waals surface area (Å²) in [7, 11) is 0. The van der Waals surface area contributed by atoms with Gasteiger partial charge in [0.15, 0.2) is 0 Å². The van der Waals surface area contributed by atoms with Crippen LogP contribution in [-0.2, 0) is 4.79 Å². The standard InChI is InChI=1S/C12H17NO3S/c1-3-4-9(7-11(14)15)13-12(16)10-6-5-8(2)17-10/h5-6,9H,3-4,7H2,1-2H3,(H,13,16)(H,14,15). The zero-order valence-electron chi connectivity index (χ0n) is 10.0. The van der Waals surface area contributed by atoms with E-state index in [-0.39, 0.29) is 18.4 Å². The zero-order chi connectivity index (χ0) is 12.8. The molecule has 17 heavy (non-hydrogen) atoms. The van der Waals surface area contributed by atoms with E-state index in [2.05, 4.69) is 5.32 Å². The van der Waals surface area contributed by atoms with Crippen LogP contribution in [0.3, 0.4) is 0 Å². The minimum Gasteiger partial charge on any atom is -0.481 e. The lowest BCUT2D eigenvalue weighted by Crippen LogP contribution is -2.36. The molecule has 0 bridgehead atoms. The highest BCUT2D eigenvalue weighted by Gasteiger charge is 2.16. The maximum atomic E-state index is 11.8. The van der Waals surface area contributed by atoms with Gasteiger partial charge in [-0.15, -0.1) is 11.3 Å². The Bertz CT molecular complexity index is 400. The summed E-state index contributed by atoms with van der Waals surface area (Å²) in [6, 6.07) is 3.36. The SMILES string of the molecule is CCCC(CC(=O)O)NC(=O)c1ccc(C)s1. The number of carboxylic acid groups (broad SMARTS) is 1. The Morgan fingerprint density at radius 2 is 2.18 bits per heavy atom. The van der Waals surface area contributed by atoms with Crippen molar-refractivity contribution in [3.8, 4) is 0 Å². The third kappa shape index (κ3) is 4.56. The number of amides is 1. The molecule has 1 unspecified atom stereocenters. The molecule has 0 fully saturated rings. The summed E-state index contributed by atoms with van der Waals surface area (Å²) in [5.74, 6) is -1.06. The molecule has 2 N–H and O–H groups in total. The van der Waals surface area contributed by atoms with Gasteiger partial charge in [0.05, 0.1) is 11.3 Å². The molecule has 1 amide bonds. The van der Waals surface area contributed by atoms with Crippen LogP contribution in [0.15, 0.2) is 12.1 Å². The maximum Gasteiger partial charge on any atom is 0.305 e. The van der Waals surface area contributed by atoms with E-state index in [4.69, 9.17) is 5.11 Å². The van der Waals surface area contributed by atoms with Gasteiger partial charge in [0.2, 0.25) is 0 Å². The van der Waals surface area contributed by atoms with E-state index in [1.165, 1.54) is 11.3 Å². The molecule has 0 radical (unpaired) electrons. The van der Waals surface area contributed by atoms with E-state index >= 15 is 0 Å². The van der Waals surface area contributed by atoms with E-state index < -0.39 is 5.97 Å². The van der Waals surface area contributed by atoms with Crippen LogP contribution in [0, 0.1) is 6.92 Å². The van der Waals surface area contributed by atoms with Crippen LogP contribution in [-0.4, -0.2) is 23.0 Å². The van der Waals surface area contributed by atoms with Crippen molar-refractivity contribution in [2.24, 2.45) is 0 Å². The third-order valence-corrected chi connectivity index (χ3v) is 3.36. The maximum absolute atomic E-state index is 11.8. The average molecular weight is 255 g/mol. The lowest BCUT2D eigenvalue weighted by molar-refractivity contribution is -0.137. The first-order valence-corrected chi connectivity index (χ1v) is 6.43. The van der Waals surface area contributed by atoms with E-state index in [1.807, 2.05) is 19.9 Å². The van der Waals surface area contributed by atoms with Crippen molar-refractivity contribution < 1.29 is 14.7 Å². The summed E-state index contributed by atoms with van der Waals surface area (Å²) >= 11 is 1.42. The summed E-state index contributed by atoms with van der Waals surface area (Å²) in [5, 5.41) is 11.5. The van der Waals surface area contributed by atoms with E-state index in [0.717, 1.165) is 11.3 Å². The topological polar surface area (TPSA) is 66.4 Å². The number of hydrogen-bond donors (Lipinski definition) is 2. The summed E-state index contributed by atoms with van der Waals surface area (Å²) in [5.41, 5.74) is 0. The highest BCUT2D eigenvalue weighted by Crippen LogP contribution is 2.15. The quantitative estimate of drug-likeness (QED) is 0.820. The van der Waals surface area contributed by atoms with Crippen LogP contribution >= 0.6 is 11.3 Å². The van der Waals surface area contributed by atoms with Gasteiger partial charge >= 0.3 is 5.97 Å². The summed E-state index contributed by atoms with van der Waals surface area (Å²) < 4.78 is 0. The van der Waals surface area contributed by atoms with Crippen LogP contribution in [0.25, 0.3) is 0 Å². The number of carbonyl (C=O) groups excluding carboxylic acids is 1. The van der Waals surface area contributed by atoms with Crippen molar-refractivity contribution in [1.82, 2.24) is 5.32 Å². The van der Waals surface area contributed by atoms with Gasteiger partial charge in [-0.05, 0) is 25.5 Å². The summed E-state index contributed by atoms with van der Waals surface area (Å²) in [6.45, 7) is 3.90. The van der Waals surface area contributed by atoms with Crippen LogP contribution in [0.5, 0.6) is 0 Å². The fraction of sp³-hybridized carbons (Fsp3) is 0.500. The molecule has 0 saturated carbocycles. The van der Waals surface area contributed by atoms with Crippen LogP contribution in [0.2, 0.25) is 0 Å². The van der Waals surface area contributed by atoms with Gasteiger partial charge in [0.1, 0.15) is 0 Å². The highest BCUT2D eigenvalue weighted by molar-refractivity contribution is 7.13. The van der Waals surface area contributed by atoms with Crippen molar-refractivity contribution in [2.75, 3.05) is 0 Å². The molecule has 0 aromatic carbocycles. The summed E-state index contributed by atoms with van der Waals surface area (Å²) in [4.78, 5) is 24.2. The smallest absolute Gasteiger partial charge is 0.305 e. The second-order valence-electron chi connectivity index (χ2n) is 3.97. The van der Waals surface area contributed by atoms with Crippen molar-refractivity contribution in [1.29, 1.82) is 0 Å². The lowest BCUT2D eigenvalue weighted by atomic mass is 10.1. The van der Waals surface area contributed by atoms with Crippen molar-refractivity contribution >= 4 is 23.2 Å². The number of hydrogen-bond acceptors (Lipinski definition) is 3. The normalized spacial score (nSPS) is 12.1. The predicted octanol–water partition coefficient (Wildman–Crippen LogP) is 2.43. The van der Waals surface area contributed by atoms with Crippen molar-refractivity contribution in [2.45, 2.75) is 39.2 Å². The summed E-state index contributed by atoms with van der Waals surface area (Å²) in [6.07, 6.45) is 1.51. The van der Waals surface area contributed by atoms with Gasteiger partial charge in [-0.3, -0.25) is 9.59 Å². The molecule has 0 aliphatic carbocycles. The highest BCUT2D eigenvalue weighted by atomic mass is 32.1. The zero-order valence-corrected chi connectivity index (χ0v) is 10.8. The Kier molecular flexibility index (Phi) is 5.15. The Hall–Kier alpha value is -1.36. The molecule has 94 valence electrons. The van der Waals surface area contributed by atoms with Gasteiger partial charge in [0.25, 0.3) is 5.91 Å². The number of carbonyl (C=O) groups is 2. The minimum absolute atomic E-state index is 0.0239. The molecule has 4 nitrogen and oxygen atoms in total. The first-order chi connectivity index (χ1) is 8.02. The number of thiophene rings is 1. The van der Waals surface area contributed by atoms with E-state index in [1.54, 1.807) is 6.07 Å². The Morgan fingerprint density at radius 1 is 1.47 bits per heavy atom. The number of nitrogens with one attached hydrogen (secondary N) is 1. The molecule has 1 heterocycles. The Balaban J connectivity index is 2.60. The molecule has 5 heteroatoms. The van der Waals surface area contributed by atoms with E-state index in [9.17, 15) is 9.59 Å². The van der Waals surface area contributed by atoms with Gasteiger partial charge in [-0.2, -0.15) is 0 Å². The molecule has 0 aliphatic rings. The van der Waals surface area contributed by atoms with Crippen LogP contribution < -0.4 is 5.32 Å². The van der Waals surface area contributed by atoms with Crippen molar-refractivity contribution in [3.05, 3.63) is 21.9 Å². The second-order valence-corrected chi connectivity index (χ2v) is 5.26. The Morgan fingerprint density at radius 3 is 2.65 bits per heavy atom. The molecule has 1 aromatic rings.